The fraction of sp³-hybridized carbons (Fsp3) is 0.640. The summed E-state index contributed by atoms with van der Waals surface area (Å²) in [5, 5.41) is 6.67. The maximum atomic E-state index is 13.7. The number of carbonyl (C=O) groups excluding carboxylic acids is 1. The van der Waals surface area contributed by atoms with Gasteiger partial charge < -0.3 is 15.0 Å². The number of halogens is 4. The number of aromatic nitrogens is 3. The Morgan fingerprint density at radius 3 is 2.61 bits per heavy atom. The fourth-order valence-corrected chi connectivity index (χ4v) is 5.11. The van der Waals surface area contributed by atoms with E-state index in [1.54, 1.807) is 7.05 Å². The quantitative estimate of drug-likeness (QED) is 0.549. The second-order valence-corrected chi connectivity index (χ2v) is 9.87. The van der Waals surface area contributed by atoms with Gasteiger partial charge in [-0.15, -0.1) is 5.10 Å². The summed E-state index contributed by atoms with van der Waals surface area (Å²) in [6, 6.07) is 3.47. The number of nitrogens with zero attached hydrogens (tertiary/aromatic N) is 4. The molecule has 2 aromatic heterocycles. The van der Waals surface area contributed by atoms with E-state index in [-0.39, 0.29) is 24.2 Å². The Labute approximate surface area is 208 Å². The maximum absolute atomic E-state index is 13.7. The van der Waals surface area contributed by atoms with Crippen LogP contribution in [0.4, 0.5) is 17.6 Å². The Morgan fingerprint density at radius 1 is 1.17 bits per heavy atom. The van der Waals surface area contributed by atoms with Crippen LogP contribution in [-0.2, 0) is 31.1 Å². The highest BCUT2D eigenvalue weighted by Gasteiger charge is 2.29. The molecular formula is C25H33F4N5O2. The molecule has 0 radical (unpaired) electrons. The number of rotatable bonds is 8. The topological polar surface area (TPSA) is 72.3 Å². The Kier molecular flexibility index (Phi) is 8.48. The van der Waals surface area contributed by atoms with Gasteiger partial charge >= 0.3 is 6.18 Å². The lowest BCUT2D eigenvalue weighted by molar-refractivity contribution is -0.154. The summed E-state index contributed by atoms with van der Waals surface area (Å²) in [5.74, 6) is -0.150. The van der Waals surface area contributed by atoms with E-state index in [4.69, 9.17) is 4.74 Å². The number of ether oxygens (including phenoxy) is 1. The number of amides is 1. The highest BCUT2D eigenvalue weighted by molar-refractivity contribution is 5.78. The van der Waals surface area contributed by atoms with Crippen LogP contribution in [0.1, 0.15) is 48.9 Å². The van der Waals surface area contributed by atoms with Crippen molar-refractivity contribution in [2.24, 2.45) is 13.0 Å². The maximum Gasteiger partial charge on any atom is 0.422 e. The predicted octanol–water partition coefficient (Wildman–Crippen LogP) is 3.60. The van der Waals surface area contributed by atoms with E-state index < -0.39 is 18.7 Å². The van der Waals surface area contributed by atoms with Gasteiger partial charge in [0.25, 0.3) is 0 Å². The molecule has 0 atom stereocenters. The molecule has 0 bridgehead atoms. The summed E-state index contributed by atoms with van der Waals surface area (Å²) in [7, 11) is 1.63. The molecule has 1 aliphatic heterocycles. The molecule has 11 heteroatoms. The third-order valence-corrected chi connectivity index (χ3v) is 7.06. The van der Waals surface area contributed by atoms with Crippen LogP contribution in [0.2, 0.25) is 0 Å². The zero-order chi connectivity index (χ0) is 25.7. The molecule has 2 aliphatic rings. The Hall–Kier alpha value is -2.69. The van der Waals surface area contributed by atoms with Crippen LogP contribution in [0.3, 0.4) is 0 Å². The molecule has 1 fully saturated rings. The first-order valence-corrected chi connectivity index (χ1v) is 12.5. The number of hydrogen-bond acceptors (Lipinski definition) is 5. The molecule has 0 unspecified atom stereocenters. The molecule has 0 spiro atoms. The summed E-state index contributed by atoms with van der Waals surface area (Å²) in [6.07, 6.45) is 3.66. The monoisotopic (exact) mass is 511 g/mol. The van der Waals surface area contributed by atoms with E-state index >= 15 is 0 Å². The highest BCUT2D eigenvalue weighted by atomic mass is 19.4. The van der Waals surface area contributed by atoms with Crippen LogP contribution in [0.25, 0.3) is 0 Å². The molecule has 1 aliphatic carbocycles. The van der Waals surface area contributed by atoms with Gasteiger partial charge in [0.05, 0.1) is 6.42 Å². The SMILES string of the molecule is Cn1cc(CC(=O)N[C@H]2CC[C@H](CCN3CCc4ccc(OCC(F)(F)F)nc4CC3)CC2)c(F)n1. The third kappa shape index (κ3) is 7.65. The number of alkyl halides is 3. The van der Waals surface area contributed by atoms with E-state index in [0.717, 1.165) is 69.4 Å². The molecule has 198 valence electrons. The van der Waals surface area contributed by atoms with Gasteiger partial charge in [0.15, 0.2) is 6.61 Å². The van der Waals surface area contributed by atoms with E-state index in [1.807, 2.05) is 6.07 Å². The smallest absolute Gasteiger partial charge is 0.422 e. The van der Waals surface area contributed by atoms with Crippen molar-refractivity contribution in [2.75, 3.05) is 26.2 Å². The summed E-state index contributed by atoms with van der Waals surface area (Å²) in [4.78, 5) is 19.0. The van der Waals surface area contributed by atoms with Gasteiger partial charge in [0.1, 0.15) is 0 Å². The van der Waals surface area contributed by atoms with E-state index in [0.29, 0.717) is 17.9 Å². The number of hydrogen-bond donors (Lipinski definition) is 1. The van der Waals surface area contributed by atoms with Crippen molar-refractivity contribution >= 4 is 5.91 Å². The third-order valence-electron chi connectivity index (χ3n) is 7.06. The fourth-order valence-electron chi connectivity index (χ4n) is 5.11. The molecule has 4 rings (SSSR count). The first-order valence-electron chi connectivity index (χ1n) is 12.5. The standard InChI is InChI=1S/C25H33F4N5O2/c1-33-15-19(24(26)32-33)14-22(35)30-20-5-2-17(3-6-20)8-11-34-12-9-18-4-7-23(31-21(18)10-13-34)36-16-25(27,28)29/h4,7,15,17,20H,2-3,5-6,8-14,16H2,1H3,(H,30,35)/t17-,20-. The lowest BCUT2D eigenvalue weighted by Gasteiger charge is -2.30. The molecule has 36 heavy (non-hydrogen) atoms. The van der Waals surface area contributed by atoms with Crippen LogP contribution in [-0.4, -0.2) is 64.0 Å². The molecule has 7 nitrogen and oxygen atoms in total. The van der Waals surface area contributed by atoms with E-state index in [9.17, 15) is 22.4 Å². The van der Waals surface area contributed by atoms with Gasteiger partial charge in [-0.25, -0.2) is 4.98 Å². The van der Waals surface area contributed by atoms with Crippen LogP contribution in [0.15, 0.2) is 18.3 Å². The minimum absolute atomic E-state index is 0.00174. The minimum atomic E-state index is -4.38. The van der Waals surface area contributed by atoms with Crippen molar-refractivity contribution < 1.29 is 27.1 Å². The number of carbonyl (C=O) groups is 1. The first-order chi connectivity index (χ1) is 17.1. The molecular weight excluding hydrogens is 478 g/mol. The number of pyridine rings is 1. The first kappa shape index (κ1) is 26.4. The summed E-state index contributed by atoms with van der Waals surface area (Å²) in [5.41, 5.74) is 2.20. The van der Waals surface area contributed by atoms with Crippen LogP contribution in [0.5, 0.6) is 5.88 Å². The van der Waals surface area contributed by atoms with Gasteiger partial charge in [0, 0.05) is 56.1 Å². The van der Waals surface area contributed by atoms with Gasteiger partial charge in [-0.3, -0.25) is 9.48 Å². The van der Waals surface area contributed by atoms with Crippen molar-refractivity contribution in [3.8, 4) is 5.88 Å². The number of fused-ring (bicyclic) bond motifs is 1. The largest absolute Gasteiger partial charge is 0.468 e. The van der Waals surface area contributed by atoms with Crippen LogP contribution >= 0.6 is 0 Å². The van der Waals surface area contributed by atoms with Gasteiger partial charge in [-0.2, -0.15) is 17.6 Å². The summed E-state index contributed by atoms with van der Waals surface area (Å²) >= 11 is 0. The molecule has 1 N–H and O–H groups in total. The number of nitrogens with one attached hydrogen (secondary N) is 1. The minimum Gasteiger partial charge on any atom is -0.468 e. The summed E-state index contributed by atoms with van der Waals surface area (Å²) < 4.78 is 57.1. The molecule has 1 amide bonds. The van der Waals surface area contributed by atoms with Crippen LogP contribution in [0, 0.1) is 11.9 Å². The molecule has 3 heterocycles. The zero-order valence-electron chi connectivity index (χ0n) is 20.5. The molecule has 1 saturated carbocycles. The van der Waals surface area contributed by atoms with Crippen molar-refractivity contribution in [3.63, 3.8) is 0 Å². The van der Waals surface area contributed by atoms with Crippen molar-refractivity contribution in [1.29, 1.82) is 0 Å². The van der Waals surface area contributed by atoms with Crippen molar-refractivity contribution in [1.82, 2.24) is 25.0 Å². The zero-order valence-corrected chi connectivity index (χ0v) is 20.5. The Balaban J connectivity index is 1.16. The van der Waals surface area contributed by atoms with Gasteiger partial charge in [-0.1, -0.05) is 6.07 Å². The van der Waals surface area contributed by atoms with Crippen LogP contribution < -0.4 is 10.1 Å². The van der Waals surface area contributed by atoms with Gasteiger partial charge in [0.2, 0.25) is 17.7 Å². The number of aryl methyl sites for hydroxylation is 1. The average Bonchev–Trinajstić information content (AvgIpc) is 3.01. The normalized spacial score (nSPS) is 21.0. The van der Waals surface area contributed by atoms with Crippen molar-refractivity contribution in [3.05, 3.63) is 41.1 Å². The average molecular weight is 512 g/mol. The molecule has 0 saturated heterocycles. The molecule has 2 aromatic rings. The Bertz CT molecular complexity index is 1030. The van der Waals surface area contributed by atoms with E-state index in [2.05, 4.69) is 20.3 Å². The van der Waals surface area contributed by atoms with Crippen molar-refractivity contribution in [2.45, 2.75) is 63.6 Å². The molecule has 0 aromatic carbocycles. The Morgan fingerprint density at radius 2 is 1.92 bits per heavy atom. The lowest BCUT2D eigenvalue weighted by atomic mass is 9.84. The van der Waals surface area contributed by atoms with Gasteiger partial charge in [-0.05, 0) is 56.6 Å². The second-order valence-electron chi connectivity index (χ2n) is 9.87. The highest BCUT2D eigenvalue weighted by Crippen LogP contribution is 2.28. The lowest BCUT2D eigenvalue weighted by Crippen LogP contribution is -2.39. The predicted molar refractivity (Wildman–Crippen MR) is 125 cm³/mol. The second kappa shape index (κ2) is 11.6. The summed E-state index contributed by atoms with van der Waals surface area (Å²) in [6.45, 7) is 1.35. The van der Waals surface area contributed by atoms with E-state index in [1.165, 1.54) is 16.9 Å².